The number of carbonyl (C=O) groups is 1. The zero-order chi connectivity index (χ0) is 20.0. The predicted molar refractivity (Wildman–Crippen MR) is 115 cm³/mol. The van der Waals surface area contributed by atoms with Gasteiger partial charge in [0, 0.05) is 24.2 Å². The van der Waals surface area contributed by atoms with E-state index in [9.17, 15) is 9.90 Å². The molecule has 0 amide bonds. The molecule has 2 aromatic carbocycles. The molecule has 0 spiro atoms. The molecule has 144 valence electrons. The molecule has 0 atom stereocenters. The van der Waals surface area contributed by atoms with Crippen LogP contribution in [0.15, 0.2) is 35.3 Å². The molecule has 1 N–H and O–H groups in total. The molecule has 0 aliphatic carbocycles. The fourth-order valence-electron chi connectivity index (χ4n) is 4.49. The van der Waals surface area contributed by atoms with Crippen molar-refractivity contribution < 1.29 is 9.90 Å². The summed E-state index contributed by atoms with van der Waals surface area (Å²) in [6.07, 6.45) is -0.00241. The molecule has 0 unspecified atom stereocenters. The summed E-state index contributed by atoms with van der Waals surface area (Å²) in [5.41, 5.74) is 8.65. The number of carboxylic acids is 1. The van der Waals surface area contributed by atoms with Crippen LogP contribution in [0.5, 0.6) is 0 Å². The Hall–Kier alpha value is -3.08. The third-order valence-corrected chi connectivity index (χ3v) is 5.76. The molecule has 1 aliphatic heterocycles. The Morgan fingerprint density at radius 3 is 2.54 bits per heavy atom. The van der Waals surface area contributed by atoms with E-state index >= 15 is 0 Å². The second-order valence-corrected chi connectivity index (χ2v) is 7.59. The topological polar surface area (TPSA) is 57.8 Å². The third kappa shape index (κ3) is 2.78. The SMILES string of the molecule is C=NCN1CCn2c(C)cc3c(-c4ccc(C)cc4)c(CC(=O)O)c(C)c1c32. The molecule has 1 aliphatic rings. The van der Waals surface area contributed by atoms with Crippen molar-refractivity contribution in [2.45, 2.75) is 33.7 Å². The second-order valence-electron chi connectivity index (χ2n) is 7.59. The van der Waals surface area contributed by atoms with E-state index in [4.69, 9.17) is 0 Å². The molecule has 0 bridgehead atoms. The normalized spacial score (nSPS) is 13.2. The molecule has 0 fully saturated rings. The van der Waals surface area contributed by atoms with Crippen LogP contribution >= 0.6 is 0 Å². The maximum Gasteiger partial charge on any atom is 0.307 e. The first-order chi connectivity index (χ1) is 13.4. The van der Waals surface area contributed by atoms with Crippen LogP contribution in [0.2, 0.25) is 0 Å². The maximum absolute atomic E-state index is 11.7. The number of aryl methyl sites for hydroxylation is 2. The van der Waals surface area contributed by atoms with E-state index in [1.54, 1.807) is 0 Å². The Morgan fingerprint density at radius 2 is 1.89 bits per heavy atom. The lowest BCUT2D eigenvalue weighted by molar-refractivity contribution is -0.136. The standard InChI is InChI=1S/C23H25N3O2/c1-14-5-7-17(8-6-14)21-18(12-20(27)28)16(3)22-23-19(21)11-15(2)26(23)10-9-25(22)13-24-4/h5-8,11H,4,9-10,12-13H2,1-3H3,(H,27,28). The Kier molecular flexibility index (Phi) is 4.46. The first-order valence-corrected chi connectivity index (χ1v) is 9.54. The van der Waals surface area contributed by atoms with Crippen LogP contribution in [-0.4, -0.2) is 35.6 Å². The van der Waals surface area contributed by atoms with Crippen LogP contribution in [0, 0.1) is 20.8 Å². The summed E-state index contributed by atoms with van der Waals surface area (Å²) in [6.45, 7) is 12.1. The van der Waals surface area contributed by atoms with Gasteiger partial charge in [0.2, 0.25) is 0 Å². The number of aliphatic imine (C=N–C) groups is 1. The molecule has 2 heterocycles. The van der Waals surface area contributed by atoms with Crippen molar-refractivity contribution in [2.24, 2.45) is 4.99 Å². The fraction of sp³-hybridized carbons (Fsp3) is 0.304. The lowest BCUT2D eigenvalue weighted by Gasteiger charge is -2.33. The number of carboxylic acid groups (broad SMARTS) is 1. The minimum Gasteiger partial charge on any atom is -0.481 e. The minimum atomic E-state index is -0.816. The van der Waals surface area contributed by atoms with Crippen LogP contribution in [-0.2, 0) is 17.8 Å². The van der Waals surface area contributed by atoms with Crippen molar-refractivity contribution in [3.8, 4) is 11.1 Å². The molecule has 3 aromatic rings. The Labute approximate surface area is 164 Å². The summed E-state index contributed by atoms with van der Waals surface area (Å²) in [6, 6.07) is 10.5. The van der Waals surface area contributed by atoms with Gasteiger partial charge < -0.3 is 14.6 Å². The summed E-state index contributed by atoms with van der Waals surface area (Å²) >= 11 is 0. The van der Waals surface area contributed by atoms with Crippen LogP contribution in [0.25, 0.3) is 22.0 Å². The zero-order valence-corrected chi connectivity index (χ0v) is 16.6. The Morgan fingerprint density at radius 1 is 1.18 bits per heavy atom. The van der Waals surface area contributed by atoms with Crippen molar-refractivity contribution in [2.75, 3.05) is 18.1 Å². The number of aromatic nitrogens is 1. The van der Waals surface area contributed by atoms with Crippen LogP contribution in [0.3, 0.4) is 0 Å². The summed E-state index contributed by atoms with van der Waals surface area (Å²) in [5, 5.41) is 10.8. The van der Waals surface area contributed by atoms with E-state index in [0.717, 1.165) is 46.4 Å². The average Bonchev–Trinajstić information content (AvgIpc) is 2.98. The highest BCUT2D eigenvalue weighted by Gasteiger charge is 2.28. The van der Waals surface area contributed by atoms with Crippen LogP contribution < -0.4 is 4.90 Å². The maximum atomic E-state index is 11.7. The smallest absolute Gasteiger partial charge is 0.307 e. The van der Waals surface area contributed by atoms with Crippen LogP contribution in [0.4, 0.5) is 5.69 Å². The largest absolute Gasteiger partial charge is 0.481 e. The van der Waals surface area contributed by atoms with Gasteiger partial charge in [-0.25, -0.2) is 0 Å². The van der Waals surface area contributed by atoms with Crippen molar-refractivity contribution in [3.63, 3.8) is 0 Å². The third-order valence-electron chi connectivity index (χ3n) is 5.76. The number of hydrogen-bond acceptors (Lipinski definition) is 3. The van der Waals surface area contributed by atoms with Crippen molar-refractivity contribution in [3.05, 3.63) is 52.7 Å². The quantitative estimate of drug-likeness (QED) is 0.675. The second kappa shape index (κ2) is 6.82. The summed E-state index contributed by atoms with van der Waals surface area (Å²) in [7, 11) is 0. The molecular weight excluding hydrogens is 350 g/mol. The van der Waals surface area contributed by atoms with E-state index in [1.165, 1.54) is 16.8 Å². The molecule has 0 saturated carbocycles. The lowest BCUT2D eigenvalue weighted by Crippen LogP contribution is -2.33. The van der Waals surface area contributed by atoms with E-state index in [0.29, 0.717) is 6.67 Å². The van der Waals surface area contributed by atoms with E-state index in [-0.39, 0.29) is 6.42 Å². The molecule has 1 aromatic heterocycles. The average molecular weight is 375 g/mol. The lowest BCUT2D eigenvalue weighted by atomic mass is 9.88. The molecular formula is C23H25N3O2. The van der Waals surface area contributed by atoms with Gasteiger partial charge in [-0.1, -0.05) is 29.8 Å². The molecule has 4 rings (SSSR count). The summed E-state index contributed by atoms with van der Waals surface area (Å²) in [4.78, 5) is 18.1. The fourth-order valence-corrected chi connectivity index (χ4v) is 4.49. The molecule has 28 heavy (non-hydrogen) atoms. The first kappa shape index (κ1) is 18.3. The first-order valence-electron chi connectivity index (χ1n) is 9.54. The van der Waals surface area contributed by atoms with E-state index in [1.807, 2.05) is 6.92 Å². The van der Waals surface area contributed by atoms with Gasteiger partial charge in [0.25, 0.3) is 0 Å². The van der Waals surface area contributed by atoms with Crippen molar-refractivity contribution in [1.82, 2.24) is 4.57 Å². The van der Waals surface area contributed by atoms with Gasteiger partial charge in [-0.2, -0.15) is 0 Å². The molecule has 5 nitrogen and oxygen atoms in total. The Balaban J connectivity index is 2.12. The highest BCUT2D eigenvalue weighted by molar-refractivity contribution is 6.07. The van der Waals surface area contributed by atoms with E-state index < -0.39 is 5.97 Å². The molecule has 0 radical (unpaired) electrons. The van der Waals surface area contributed by atoms with Gasteiger partial charge in [-0.15, -0.1) is 0 Å². The highest BCUT2D eigenvalue weighted by atomic mass is 16.4. The zero-order valence-electron chi connectivity index (χ0n) is 16.6. The predicted octanol–water partition coefficient (Wildman–Crippen LogP) is 4.34. The van der Waals surface area contributed by atoms with Crippen molar-refractivity contribution >= 4 is 29.3 Å². The molecule has 5 heteroatoms. The number of aliphatic carboxylic acids is 1. The number of hydrogen-bond donors (Lipinski definition) is 1. The van der Waals surface area contributed by atoms with Gasteiger partial charge >= 0.3 is 5.97 Å². The van der Waals surface area contributed by atoms with E-state index in [2.05, 4.69) is 65.4 Å². The number of benzene rings is 2. The van der Waals surface area contributed by atoms with Gasteiger partial charge in [0.1, 0.15) is 6.67 Å². The van der Waals surface area contributed by atoms with Gasteiger partial charge in [-0.05, 0) is 55.8 Å². The number of anilines is 1. The van der Waals surface area contributed by atoms with Gasteiger partial charge in [0.15, 0.2) is 0 Å². The molecule has 0 saturated heterocycles. The summed E-state index contributed by atoms with van der Waals surface area (Å²) in [5.74, 6) is -0.816. The minimum absolute atomic E-state index is 0.00241. The number of nitrogens with zero attached hydrogens (tertiary/aromatic N) is 3. The monoisotopic (exact) mass is 375 g/mol. The van der Waals surface area contributed by atoms with Gasteiger partial charge in [-0.3, -0.25) is 9.79 Å². The summed E-state index contributed by atoms with van der Waals surface area (Å²) < 4.78 is 2.35. The van der Waals surface area contributed by atoms with Crippen LogP contribution in [0.1, 0.15) is 22.4 Å². The van der Waals surface area contributed by atoms with Crippen molar-refractivity contribution in [1.29, 1.82) is 0 Å². The number of rotatable bonds is 5. The van der Waals surface area contributed by atoms with Gasteiger partial charge in [0.05, 0.1) is 17.6 Å². The Bertz CT molecular complexity index is 1090. The highest BCUT2D eigenvalue weighted by Crippen LogP contribution is 2.44.